The van der Waals surface area contributed by atoms with E-state index in [1.54, 1.807) is 4.98 Å². The van der Waals surface area contributed by atoms with Gasteiger partial charge in [-0.1, -0.05) is 16.8 Å². The third-order valence-electron chi connectivity index (χ3n) is 2.77. The average Bonchev–Trinajstić information content (AvgIpc) is 2.45. The number of nitrogens with zero attached hydrogens (tertiary/aromatic N) is 2. The van der Waals surface area contributed by atoms with Crippen LogP contribution in [0.1, 0.15) is 11.3 Å². The van der Waals surface area contributed by atoms with E-state index in [9.17, 15) is 22.8 Å². The molecule has 1 aromatic heterocycles. The highest BCUT2D eigenvalue weighted by Crippen LogP contribution is 2.25. The first-order valence-corrected chi connectivity index (χ1v) is 6.42. The molecule has 2 rings (SSSR count). The Morgan fingerprint density at radius 3 is 2.57 bits per heavy atom. The minimum atomic E-state index is -4.83. The maximum atomic E-state index is 12.6. The summed E-state index contributed by atoms with van der Waals surface area (Å²) < 4.78 is 38.3. The Hall–Kier alpha value is -2.55. The molecule has 122 valence electrons. The highest BCUT2D eigenvalue weighted by molar-refractivity contribution is 6.33. The van der Waals surface area contributed by atoms with Gasteiger partial charge in [-0.15, -0.1) is 0 Å². The molecule has 0 fully saturated rings. The molecule has 0 spiro atoms. The topological polar surface area (TPSA) is 76.5 Å². The molecule has 0 aliphatic heterocycles. The van der Waals surface area contributed by atoms with Gasteiger partial charge in [0.25, 0.3) is 5.56 Å². The van der Waals surface area contributed by atoms with Gasteiger partial charge in [0.1, 0.15) is 12.8 Å². The van der Waals surface area contributed by atoms with Crippen LogP contribution in [0.4, 0.5) is 13.2 Å². The molecule has 0 saturated heterocycles. The lowest BCUT2D eigenvalue weighted by molar-refractivity contribution is -0.141. The number of nitrogens with one attached hydrogen (secondary N) is 1. The van der Waals surface area contributed by atoms with Crippen molar-refractivity contribution >= 4 is 17.8 Å². The lowest BCUT2D eigenvalue weighted by Gasteiger charge is -2.09. The summed E-state index contributed by atoms with van der Waals surface area (Å²) in [5.74, 6) is 0. The predicted molar refractivity (Wildman–Crippen MR) is 77.3 cm³/mol. The van der Waals surface area contributed by atoms with E-state index in [0.717, 1.165) is 0 Å². The van der Waals surface area contributed by atoms with E-state index in [0.29, 0.717) is 16.2 Å². The Kier molecular flexibility index (Phi) is 4.60. The van der Waals surface area contributed by atoms with Gasteiger partial charge in [0.2, 0.25) is 0 Å². The van der Waals surface area contributed by atoms with Gasteiger partial charge in [-0.2, -0.15) is 13.2 Å². The standard InChI is InChI=1S/C13H9ClF3N3O3/c1-23-18-6-7-4-8(2-3-9(7)14)20-11(21)5-10(13(15,16)17)19-12(20)22/h2-6H,1H3,(H,19,22)/b18-6+. The normalized spacial score (nSPS) is 11.9. The molecule has 23 heavy (non-hydrogen) atoms. The van der Waals surface area contributed by atoms with Crippen LogP contribution < -0.4 is 11.2 Å². The zero-order valence-corrected chi connectivity index (χ0v) is 12.3. The molecular weight excluding hydrogens is 339 g/mol. The molecule has 0 atom stereocenters. The van der Waals surface area contributed by atoms with Gasteiger partial charge >= 0.3 is 11.9 Å². The summed E-state index contributed by atoms with van der Waals surface area (Å²) in [6, 6.07) is 4.31. The minimum Gasteiger partial charge on any atom is -0.399 e. The van der Waals surface area contributed by atoms with Crippen molar-refractivity contribution in [2.24, 2.45) is 5.16 Å². The van der Waals surface area contributed by atoms with Crippen LogP contribution in [0.3, 0.4) is 0 Å². The van der Waals surface area contributed by atoms with Gasteiger partial charge in [0.15, 0.2) is 0 Å². The molecule has 0 unspecified atom stereocenters. The molecule has 0 saturated carbocycles. The SMILES string of the molecule is CO/N=C/c1cc(-n2c(=O)cc(C(F)(F)F)[nH]c2=O)ccc1Cl. The fourth-order valence-corrected chi connectivity index (χ4v) is 1.94. The fraction of sp³-hybridized carbons (Fsp3) is 0.154. The number of hydrogen-bond donors (Lipinski definition) is 1. The molecule has 10 heteroatoms. The van der Waals surface area contributed by atoms with Crippen LogP contribution in [0, 0.1) is 0 Å². The van der Waals surface area contributed by atoms with Gasteiger partial charge in [-0.25, -0.2) is 9.36 Å². The summed E-state index contributed by atoms with van der Waals surface area (Å²) in [6.45, 7) is 0. The van der Waals surface area contributed by atoms with Crippen LogP contribution in [0.2, 0.25) is 5.02 Å². The summed E-state index contributed by atoms with van der Waals surface area (Å²) in [6.07, 6.45) is -3.59. The van der Waals surface area contributed by atoms with E-state index >= 15 is 0 Å². The predicted octanol–water partition coefficient (Wildman–Crippen LogP) is 2.18. The van der Waals surface area contributed by atoms with Crippen LogP contribution in [-0.2, 0) is 11.0 Å². The highest BCUT2D eigenvalue weighted by atomic mass is 35.5. The summed E-state index contributed by atoms with van der Waals surface area (Å²) in [5, 5.41) is 3.75. The largest absolute Gasteiger partial charge is 0.431 e. The number of aromatic nitrogens is 2. The van der Waals surface area contributed by atoms with Crippen LogP contribution in [0.25, 0.3) is 5.69 Å². The molecule has 0 bridgehead atoms. The number of H-pyrrole nitrogens is 1. The van der Waals surface area contributed by atoms with Gasteiger partial charge in [-0.3, -0.25) is 4.79 Å². The van der Waals surface area contributed by atoms with Crippen molar-refractivity contribution in [3.63, 3.8) is 0 Å². The van der Waals surface area contributed by atoms with Crippen LogP contribution >= 0.6 is 11.6 Å². The Morgan fingerprint density at radius 1 is 1.30 bits per heavy atom. The quantitative estimate of drug-likeness (QED) is 0.683. The minimum absolute atomic E-state index is 0.0342. The summed E-state index contributed by atoms with van der Waals surface area (Å²) in [7, 11) is 1.30. The molecule has 1 heterocycles. The van der Waals surface area contributed by atoms with Gasteiger partial charge < -0.3 is 9.82 Å². The third-order valence-corrected chi connectivity index (χ3v) is 3.12. The van der Waals surface area contributed by atoms with Crippen molar-refractivity contribution in [2.45, 2.75) is 6.18 Å². The monoisotopic (exact) mass is 347 g/mol. The van der Waals surface area contributed by atoms with E-state index in [1.807, 2.05) is 0 Å². The molecule has 0 amide bonds. The molecule has 0 aliphatic carbocycles. The number of oxime groups is 1. The lowest BCUT2D eigenvalue weighted by atomic mass is 10.2. The first kappa shape index (κ1) is 16.8. The second kappa shape index (κ2) is 6.29. The van der Waals surface area contributed by atoms with Crippen LogP contribution in [0.15, 0.2) is 39.0 Å². The maximum absolute atomic E-state index is 12.6. The van der Waals surface area contributed by atoms with Crippen molar-refractivity contribution in [1.29, 1.82) is 0 Å². The van der Waals surface area contributed by atoms with Crippen molar-refractivity contribution in [3.8, 4) is 5.69 Å². The lowest BCUT2D eigenvalue weighted by Crippen LogP contribution is -2.35. The first-order valence-electron chi connectivity index (χ1n) is 6.04. The molecule has 2 aromatic rings. The Labute approximate surface area is 131 Å². The number of rotatable bonds is 3. The fourth-order valence-electron chi connectivity index (χ4n) is 1.77. The van der Waals surface area contributed by atoms with E-state index < -0.39 is 23.1 Å². The van der Waals surface area contributed by atoms with Crippen molar-refractivity contribution in [2.75, 3.05) is 7.11 Å². The van der Waals surface area contributed by atoms with E-state index in [4.69, 9.17) is 11.6 Å². The zero-order valence-electron chi connectivity index (χ0n) is 11.5. The molecule has 6 nitrogen and oxygen atoms in total. The second-order valence-corrected chi connectivity index (χ2v) is 4.69. The number of halogens is 4. The zero-order chi connectivity index (χ0) is 17.2. The Bertz CT molecular complexity index is 840. The molecule has 0 aliphatic rings. The molecule has 0 radical (unpaired) electrons. The van der Waals surface area contributed by atoms with Crippen molar-refractivity contribution in [3.05, 3.63) is 61.4 Å². The van der Waals surface area contributed by atoms with E-state index in [-0.39, 0.29) is 10.7 Å². The summed E-state index contributed by atoms with van der Waals surface area (Å²) in [4.78, 5) is 29.8. The molecular formula is C13H9ClF3N3O3. The van der Waals surface area contributed by atoms with Gasteiger partial charge in [-0.05, 0) is 18.2 Å². The number of alkyl halides is 3. The summed E-state index contributed by atoms with van der Waals surface area (Å²) >= 11 is 5.92. The molecule has 1 N–H and O–H groups in total. The second-order valence-electron chi connectivity index (χ2n) is 4.28. The van der Waals surface area contributed by atoms with Gasteiger partial charge in [0.05, 0.1) is 11.9 Å². The first-order chi connectivity index (χ1) is 10.7. The Morgan fingerprint density at radius 2 is 2.00 bits per heavy atom. The van der Waals surface area contributed by atoms with Crippen LogP contribution in [-0.4, -0.2) is 22.9 Å². The Balaban J connectivity index is 2.62. The molecule has 1 aromatic carbocycles. The number of benzene rings is 1. The third kappa shape index (κ3) is 3.62. The van der Waals surface area contributed by atoms with Crippen LogP contribution in [0.5, 0.6) is 0 Å². The smallest absolute Gasteiger partial charge is 0.399 e. The van der Waals surface area contributed by atoms with Crippen molar-refractivity contribution < 1.29 is 18.0 Å². The van der Waals surface area contributed by atoms with E-state index in [2.05, 4.69) is 9.99 Å². The number of aromatic amines is 1. The number of hydrogen-bond acceptors (Lipinski definition) is 4. The highest BCUT2D eigenvalue weighted by Gasteiger charge is 2.33. The van der Waals surface area contributed by atoms with Gasteiger partial charge in [0, 0.05) is 16.7 Å². The summed E-state index contributed by atoms with van der Waals surface area (Å²) in [5.41, 5.74) is -3.41. The van der Waals surface area contributed by atoms with Crippen molar-refractivity contribution in [1.82, 2.24) is 9.55 Å². The maximum Gasteiger partial charge on any atom is 0.431 e. The average molecular weight is 348 g/mol. The van der Waals surface area contributed by atoms with E-state index in [1.165, 1.54) is 31.5 Å².